The molecule has 1 aliphatic carbocycles. The molecule has 5 rings (SSSR count). The number of nitrogens with zero attached hydrogens (tertiary/aromatic N) is 2. The van der Waals surface area contributed by atoms with E-state index < -0.39 is 27.9 Å². The van der Waals surface area contributed by atoms with Gasteiger partial charge in [-0.2, -0.15) is 0 Å². The Morgan fingerprint density at radius 1 is 0.854 bits per heavy atom. The zero-order valence-electron chi connectivity index (χ0n) is 22.9. The standard InChI is InChI=1S/C32H35N3O5S/c36-30(20-21-35-32(38)27-18-10-11-19-29(27)41(35,39)40)34(23-25-14-6-2-7-15-25)28(22-24-12-4-1-5-13-24)31(37)33-26-16-8-3-9-17-26/h1-2,4-7,10-15,18-19,26,28H,3,8-9,16-17,20-23H2,(H,33,37)/t28-/m1/s1. The SMILES string of the molecule is O=C(NC1CCCCC1)[C@@H](Cc1ccccc1)N(Cc1ccccc1)C(=O)CCN1C(=O)c2ccccc2S1(=O)=O. The maximum absolute atomic E-state index is 13.9. The Balaban J connectivity index is 1.41. The summed E-state index contributed by atoms with van der Waals surface area (Å²) in [6.45, 7) is -0.127. The number of hydrogen-bond donors (Lipinski definition) is 1. The van der Waals surface area contributed by atoms with E-state index in [1.54, 1.807) is 17.0 Å². The van der Waals surface area contributed by atoms with Gasteiger partial charge in [0.2, 0.25) is 11.8 Å². The lowest BCUT2D eigenvalue weighted by atomic mass is 9.94. The van der Waals surface area contributed by atoms with Crippen molar-refractivity contribution < 1.29 is 22.8 Å². The Morgan fingerprint density at radius 2 is 1.46 bits per heavy atom. The van der Waals surface area contributed by atoms with Crippen molar-refractivity contribution in [1.29, 1.82) is 0 Å². The summed E-state index contributed by atoms with van der Waals surface area (Å²) in [7, 11) is -4.05. The molecule has 1 N–H and O–H groups in total. The lowest BCUT2D eigenvalue weighted by molar-refractivity contribution is -0.141. The molecule has 1 heterocycles. The molecule has 0 saturated heterocycles. The van der Waals surface area contributed by atoms with Crippen LogP contribution in [0.1, 0.15) is 60.0 Å². The van der Waals surface area contributed by atoms with Gasteiger partial charge in [0.1, 0.15) is 10.9 Å². The summed E-state index contributed by atoms with van der Waals surface area (Å²) in [5, 5.41) is 3.20. The molecule has 1 aliphatic heterocycles. The summed E-state index contributed by atoms with van der Waals surface area (Å²) in [6.07, 6.45) is 5.15. The summed E-state index contributed by atoms with van der Waals surface area (Å²) >= 11 is 0. The number of nitrogens with one attached hydrogen (secondary N) is 1. The predicted molar refractivity (Wildman–Crippen MR) is 155 cm³/mol. The van der Waals surface area contributed by atoms with Crippen LogP contribution in [0.2, 0.25) is 0 Å². The molecule has 0 radical (unpaired) electrons. The van der Waals surface area contributed by atoms with E-state index in [0.717, 1.165) is 47.5 Å². The second-order valence-electron chi connectivity index (χ2n) is 10.7. The van der Waals surface area contributed by atoms with Gasteiger partial charge in [-0.1, -0.05) is 92.1 Å². The Morgan fingerprint density at radius 3 is 2.12 bits per heavy atom. The largest absolute Gasteiger partial charge is 0.352 e. The molecule has 3 aromatic carbocycles. The maximum atomic E-state index is 13.9. The topological polar surface area (TPSA) is 104 Å². The molecular weight excluding hydrogens is 538 g/mol. The van der Waals surface area contributed by atoms with Crippen LogP contribution in [-0.2, 0) is 32.6 Å². The number of sulfonamides is 1. The second-order valence-corrected chi connectivity index (χ2v) is 12.5. The summed E-state index contributed by atoms with van der Waals surface area (Å²) in [6, 6.07) is 24.3. The normalized spacial score (nSPS) is 17.1. The molecule has 9 heteroatoms. The van der Waals surface area contributed by atoms with Crippen molar-refractivity contribution in [3.63, 3.8) is 0 Å². The smallest absolute Gasteiger partial charge is 0.269 e. The predicted octanol–water partition coefficient (Wildman–Crippen LogP) is 4.31. The highest BCUT2D eigenvalue weighted by atomic mass is 32.2. The van der Waals surface area contributed by atoms with Gasteiger partial charge < -0.3 is 10.2 Å². The first kappa shape index (κ1) is 28.5. The van der Waals surface area contributed by atoms with E-state index >= 15 is 0 Å². The molecular formula is C32H35N3O5S. The number of hydrogen-bond acceptors (Lipinski definition) is 5. The summed E-state index contributed by atoms with van der Waals surface area (Å²) in [5.41, 5.74) is 1.87. The molecule has 0 unspecified atom stereocenters. The second kappa shape index (κ2) is 12.7. The van der Waals surface area contributed by atoms with Crippen LogP contribution in [0.25, 0.3) is 0 Å². The zero-order valence-corrected chi connectivity index (χ0v) is 23.8. The minimum Gasteiger partial charge on any atom is -0.352 e. The third kappa shape index (κ3) is 6.51. The van der Waals surface area contributed by atoms with Crippen molar-refractivity contribution in [3.05, 3.63) is 102 Å². The van der Waals surface area contributed by atoms with Gasteiger partial charge in [-0.05, 0) is 36.1 Å². The highest BCUT2D eigenvalue weighted by Gasteiger charge is 2.41. The first-order chi connectivity index (χ1) is 19.8. The lowest BCUT2D eigenvalue weighted by Gasteiger charge is -2.34. The molecule has 3 amide bonds. The number of carbonyl (C=O) groups is 3. The van der Waals surface area contributed by atoms with Gasteiger partial charge in [0.15, 0.2) is 0 Å². The van der Waals surface area contributed by atoms with Crippen LogP contribution >= 0.6 is 0 Å². The number of amides is 3. The summed E-state index contributed by atoms with van der Waals surface area (Å²) in [4.78, 5) is 42.2. The molecule has 1 fully saturated rings. The molecule has 1 atom stereocenters. The van der Waals surface area contributed by atoms with Crippen molar-refractivity contribution in [3.8, 4) is 0 Å². The molecule has 0 spiro atoms. The van der Waals surface area contributed by atoms with E-state index in [-0.39, 0.29) is 41.9 Å². The van der Waals surface area contributed by atoms with Gasteiger partial charge in [0, 0.05) is 32.0 Å². The molecule has 214 valence electrons. The minimum absolute atomic E-state index is 0.0487. The number of fused-ring (bicyclic) bond motifs is 1. The van der Waals surface area contributed by atoms with Crippen molar-refractivity contribution >= 4 is 27.7 Å². The first-order valence-electron chi connectivity index (χ1n) is 14.2. The molecule has 8 nitrogen and oxygen atoms in total. The highest BCUT2D eigenvalue weighted by Crippen LogP contribution is 2.30. The number of benzene rings is 3. The van der Waals surface area contributed by atoms with Gasteiger partial charge in [-0.3, -0.25) is 14.4 Å². The fourth-order valence-electron chi connectivity index (χ4n) is 5.67. The third-order valence-corrected chi connectivity index (χ3v) is 9.70. The van der Waals surface area contributed by atoms with E-state index in [0.29, 0.717) is 6.42 Å². The molecule has 2 aliphatic rings. The van der Waals surface area contributed by atoms with Crippen molar-refractivity contribution in [2.24, 2.45) is 0 Å². The van der Waals surface area contributed by atoms with Gasteiger partial charge in [-0.15, -0.1) is 0 Å². The number of rotatable bonds is 10. The monoisotopic (exact) mass is 573 g/mol. The minimum atomic E-state index is -4.05. The van der Waals surface area contributed by atoms with E-state index in [1.165, 1.54) is 12.1 Å². The average molecular weight is 574 g/mol. The van der Waals surface area contributed by atoms with Gasteiger partial charge in [0.05, 0.1) is 5.56 Å². The van der Waals surface area contributed by atoms with Gasteiger partial charge >= 0.3 is 0 Å². The van der Waals surface area contributed by atoms with E-state index in [9.17, 15) is 22.8 Å². The zero-order chi connectivity index (χ0) is 28.8. The Kier molecular flexibility index (Phi) is 8.83. The van der Waals surface area contributed by atoms with Crippen LogP contribution in [-0.4, -0.2) is 54.0 Å². The van der Waals surface area contributed by atoms with Gasteiger partial charge in [-0.25, -0.2) is 12.7 Å². The van der Waals surface area contributed by atoms with Crippen LogP contribution in [0.3, 0.4) is 0 Å². The van der Waals surface area contributed by atoms with E-state index in [4.69, 9.17) is 0 Å². The summed E-state index contributed by atoms with van der Waals surface area (Å²) in [5.74, 6) is -1.26. The van der Waals surface area contributed by atoms with Crippen LogP contribution in [0.4, 0.5) is 0 Å². The molecule has 41 heavy (non-hydrogen) atoms. The Hall–Kier alpha value is -3.98. The van der Waals surface area contributed by atoms with Crippen molar-refractivity contribution in [2.45, 2.75) is 68.5 Å². The van der Waals surface area contributed by atoms with E-state index in [2.05, 4.69) is 5.32 Å². The molecule has 0 bridgehead atoms. The quantitative estimate of drug-likeness (QED) is 0.389. The Bertz CT molecular complexity index is 1490. The Labute approximate surface area is 241 Å². The van der Waals surface area contributed by atoms with Crippen LogP contribution in [0.5, 0.6) is 0 Å². The molecule has 0 aromatic heterocycles. The fraction of sp³-hybridized carbons (Fsp3) is 0.344. The lowest BCUT2D eigenvalue weighted by Crippen LogP contribution is -2.53. The fourth-order valence-corrected chi connectivity index (χ4v) is 7.24. The first-order valence-corrected chi connectivity index (χ1v) is 15.6. The summed E-state index contributed by atoms with van der Waals surface area (Å²) < 4.78 is 26.9. The van der Waals surface area contributed by atoms with Crippen molar-refractivity contribution in [2.75, 3.05) is 6.54 Å². The molecule has 1 saturated carbocycles. The third-order valence-electron chi connectivity index (χ3n) is 7.86. The maximum Gasteiger partial charge on any atom is 0.269 e. The highest BCUT2D eigenvalue weighted by molar-refractivity contribution is 7.90. The van der Waals surface area contributed by atoms with Crippen LogP contribution in [0, 0.1) is 0 Å². The average Bonchev–Trinajstić information content (AvgIpc) is 3.19. The number of carbonyl (C=O) groups excluding carboxylic acids is 3. The van der Waals surface area contributed by atoms with Crippen LogP contribution in [0.15, 0.2) is 89.8 Å². The molecule has 3 aromatic rings. The van der Waals surface area contributed by atoms with Crippen molar-refractivity contribution in [1.82, 2.24) is 14.5 Å². The van der Waals surface area contributed by atoms with Gasteiger partial charge in [0.25, 0.3) is 15.9 Å². The van der Waals surface area contributed by atoms with Crippen LogP contribution < -0.4 is 5.32 Å². The van der Waals surface area contributed by atoms with E-state index in [1.807, 2.05) is 60.7 Å².